The lowest BCUT2D eigenvalue weighted by molar-refractivity contribution is 0.0472. The maximum atomic E-state index is 13.8. The molecule has 0 amide bonds. The monoisotopic (exact) mass is 522 g/mol. The van der Waals surface area contributed by atoms with E-state index in [2.05, 4.69) is 25.6 Å². The molecule has 2 aromatic carbocycles. The van der Waals surface area contributed by atoms with Crippen molar-refractivity contribution >= 4 is 37.6 Å². The summed E-state index contributed by atoms with van der Waals surface area (Å²) in [5.41, 5.74) is 1.44. The molecule has 0 radical (unpaired) electrons. The largest absolute Gasteiger partial charge is 0.495 e. The molecule has 1 aliphatic heterocycles. The van der Waals surface area contributed by atoms with Crippen LogP contribution in [-0.2, 0) is 21.4 Å². The summed E-state index contributed by atoms with van der Waals surface area (Å²) in [7, 11) is -1.52. The summed E-state index contributed by atoms with van der Waals surface area (Å²) in [5, 5.41) is 0. The Hall–Kier alpha value is -3.18. The van der Waals surface area contributed by atoms with Gasteiger partial charge in [0.2, 0.25) is 5.95 Å². The summed E-state index contributed by atoms with van der Waals surface area (Å²) >= 11 is 3.24. The molecular formula is C21H16BrFN2O6S. The van der Waals surface area contributed by atoms with Gasteiger partial charge >= 0.3 is 5.97 Å². The zero-order valence-corrected chi connectivity index (χ0v) is 19.2. The number of methoxy groups -OCH3 is 2. The molecule has 0 saturated carbocycles. The SMILES string of the molecule is COc1ccc2cc1NS(=O)(=O)c1cc(cc(Br)c1OC)C(=O)OCc1cc(F)ncc1-2. The average molecular weight is 523 g/mol. The Kier molecular flexibility index (Phi) is 5.78. The highest BCUT2D eigenvalue weighted by molar-refractivity contribution is 9.10. The normalized spacial score (nSPS) is 14.6. The van der Waals surface area contributed by atoms with Crippen molar-refractivity contribution in [1.82, 2.24) is 4.98 Å². The molecule has 1 aliphatic rings. The van der Waals surface area contributed by atoms with Crippen molar-refractivity contribution in [3.05, 3.63) is 64.1 Å². The van der Waals surface area contributed by atoms with E-state index >= 15 is 0 Å². The van der Waals surface area contributed by atoms with Gasteiger partial charge in [-0.1, -0.05) is 6.07 Å². The zero-order valence-electron chi connectivity index (χ0n) is 16.8. The van der Waals surface area contributed by atoms with Crippen molar-refractivity contribution in [2.45, 2.75) is 11.5 Å². The first kappa shape index (κ1) is 22.0. The molecule has 8 nitrogen and oxygen atoms in total. The molecular weight excluding hydrogens is 507 g/mol. The van der Waals surface area contributed by atoms with E-state index in [1.54, 1.807) is 12.1 Å². The number of carbonyl (C=O) groups is 1. The lowest BCUT2D eigenvalue weighted by atomic mass is 10.0. The number of cyclic esters (lactones) is 1. The van der Waals surface area contributed by atoms with Crippen molar-refractivity contribution in [2.24, 2.45) is 0 Å². The summed E-state index contributed by atoms with van der Waals surface area (Å²) in [6.07, 6.45) is 1.29. The summed E-state index contributed by atoms with van der Waals surface area (Å²) in [6.45, 7) is -0.256. The van der Waals surface area contributed by atoms with E-state index < -0.39 is 21.9 Å². The topological polar surface area (TPSA) is 104 Å². The number of rotatable bonds is 2. The number of aromatic nitrogens is 1. The highest BCUT2D eigenvalue weighted by Gasteiger charge is 2.27. The fourth-order valence-electron chi connectivity index (χ4n) is 3.31. The van der Waals surface area contributed by atoms with Crippen LogP contribution in [0.4, 0.5) is 10.1 Å². The Labute approximate surface area is 191 Å². The van der Waals surface area contributed by atoms with E-state index in [0.717, 1.165) is 12.1 Å². The van der Waals surface area contributed by atoms with E-state index in [-0.39, 0.29) is 38.7 Å². The Balaban J connectivity index is 2.00. The van der Waals surface area contributed by atoms with Crippen molar-refractivity contribution in [3.63, 3.8) is 0 Å². The number of benzene rings is 2. The van der Waals surface area contributed by atoms with Gasteiger partial charge in [-0.3, -0.25) is 4.72 Å². The van der Waals surface area contributed by atoms with Crippen molar-refractivity contribution in [2.75, 3.05) is 18.9 Å². The lowest BCUT2D eigenvalue weighted by Crippen LogP contribution is -2.16. The summed E-state index contributed by atoms with van der Waals surface area (Å²) in [5.74, 6) is -1.27. The maximum Gasteiger partial charge on any atom is 0.338 e. The molecule has 166 valence electrons. The second kappa shape index (κ2) is 8.40. The number of carbonyl (C=O) groups excluding carboxylic acids is 1. The molecule has 0 atom stereocenters. The van der Waals surface area contributed by atoms with E-state index in [1.165, 1.54) is 32.5 Å². The number of halogens is 2. The molecule has 1 aromatic heterocycles. The Bertz CT molecular complexity index is 1350. The molecule has 1 N–H and O–H groups in total. The predicted molar refractivity (Wildman–Crippen MR) is 117 cm³/mol. The van der Waals surface area contributed by atoms with Crippen LogP contribution in [0.5, 0.6) is 11.5 Å². The third kappa shape index (κ3) is 4.00. The van der Waals surface area contributed by atoms with Crippen LogP contribution < -0.4 is 14.2 Å². The number of hydrogen-bond acceptors (Lipinski definition) is 7. The molecule has 0 saturated heterocycles. The van der Waals surface area contributed by atoms with Crippen LogP contribution in [0.25, 0.3) is 11.1 Å². The van der Waals surface area contributed by atoms with Gasteiger partial charge < -0.3 is 14.2 Å². The minimum atomic E-state index is -4.23. The smallest absolute Gasteiger partial charge is 0.338 e. The molecule has 32 heavy (non-hydrogen) atoms. The van der Waals surface area contributed by atoms with Crippen LogP contribution in [0.15, 0.2) is 52.0 Å². The summed E-state index contributed by atoms with van der Waals surface area (Å²) in [6, 6.07) is 8.44. The maximum absolute atomic E-state index is 13.8. The third-order valence-electron chi connectivity index (χ3n) is 4.81. The Morgan fingerprint density at radius 3 is 2.62 bits per heavy atom. The number of fused-ring (bicyclic) bond motifs is 6. The van der Waals surface area contributed by atoms with Gasteiger partial charge in [0.15, 0.2) is 5.75 Å². The van der Waals surface area contributed by atoms with E-state index in [9.17, 15) is 17.6 Å². The number of hydrogen-bond donors (Lipinski definition) is 1. The molecule has 11 heteroatoms. The minimum absolute atomic E-state index is 0.00796. The second-order valence-electron chi connectivity index (χ2n) is 6.75. The summed E-state index contributed by atoms with van der Waals surface area (Å²) in [4.78, 5) is 16.1. The number of ether oxygens (including phenoxy) is 3. The predicted octanol–water partition coefficient (Wildman–Crippen LogP) is 4.14. The van der Waals surface area contributed by atoms with E-state index in [0.29, 0.717) is 16.7 Å². The molecule has 0 aliphatic carbocycles. The summed E-state index contributed by atoms with van der Waals surface area (Å²) < 4.78 is 59.0. The molecule has 4 bridgehead atoms. The van der Waals surface area contributed by atoms with Gasteiger partial charge in [0.25, 0.3) is 10.0 Å². The Morgan fingerprint density at radius 1 is 1.12 bits per heavy atom. The van der Waals surface area contributed by atoms with Gasteiger partial charge in [0.1, 0.15) is 17.3 Å². The lowest BCUT2D eigenvalue weighted by Gasteiger charge is -2.16. The first-order chi connectivity index (χ1) is 15.2. The van der Waals surface area contributed by atoms with Gasteiger partial charge in [-0.25, -0.2) is 18.2 Å². The van der Waals surface area contributed by atoms with Crippen molar-refractivity contribution in [1.29, 1.82) is 0 Å². The van der Waals surface area contributed by atoms with Crippen LogP contribution >= 0.6 is 15.9 Å². The number of anilines is 1. The Morgan fingerprint density at radius 2 is 1.91 bits per heavy atom. The molecule has 2 heterocycles. The van der Waals surface area contributed by atoms with Crippen LogP contribution in [-0.4, -0.2) is 33.6 Å². The van der Waals surface area contributed by atoms with Crippen LogP contribution in [0.3, 0.4) is 0 Å². The van der Waals surface area contributed by atoms with Crippen molar-refractivity contribution in [3.8, 4) is 22.6 Å². The van der Waals surface area contributed by atoms with Gasteiger partial charge in [0, 0.05) is 23.4 Å². The fourth-order valence-corrected chi connectivity index (χ4v) is 5.34. The first-order valence-electron chi connectivity index (χ1n) is 9.14. The highest BCUT2D eigenvalue weighted by atomic mass is 79.9. The molecule has 0 spiro atoms. The number of sulfonamides is 1. The molecule has 0 fully saturated rings. The van der Waals surface area contributed by atoms with Crippen LogP contribution in [0.2, 0.25) is 0 Å². The van der Waals surface area contributed by atoms with Gasteiger partial charge in [-0.05, 0) is 45.8 Å². The van der Waals surface area contributed by atoms with Crippen molar-refractivity contribution < 1.29 is 31.8 Å². The number of pyridine rings is 1. The van der Waals surface area contributed by atoms with Crippen LogP contribution in [0.1, 0.15) is 15.9 Å². The molecule has 3 aromatic rings. The van der Waals surface area contributed by atoms with E-state index in [4.69, 9.17) is 14.2 Å². The number of nitrogens with one attached hydrogen (secondary N) is 1. The van der Waals surface area contributed by atoms with Gasteiger partial charge in [-0.2, -0.15) is 4.39 Å². The number of nitrogens with zero attached hydrogens (tertiary/aromatic N) is 1. The molecule has 0 unspecified atom stereocenters. The minimum Gasteiger partial charge on any atom is -0.495 e. The van der Waals surface area contributed by atoms with Crippen LogP contribution in [0, 0.1) is 5.95 Å². The standard InChI is InChI=1S/C21H16BrFN2O6S/c1-29-17-4-3-11-6-16(17)25-32(27,28)18-7-12(5-15(22)20(18)30-2)21(26)31-10-13-8-19(23)24-9-14(11)13/h3-9,25H,10H2,1-2H3. The van der Waals surface area contributed by atoms with Gasteiger partial charge in [0.05, 0.1) is 29.9 Å². The fraction of sp³-hybridized carbons (Fsp3) is 0.143. The van der Waals surface area contributed by atoms with Gasteiger partial charge in [-0.15, -0.1) is 0 Å². The second-order valence-corrected chi connectivity index (χ2v) is 9.26. The first-order valence-corrected chi connectivity index (χ1v) is 11.4. The zero-order chi connectivity index (χ0) is 23.0. The third-order valence-corrected chi connectivity index (χ3v) is 6.77. The number of esters is 1. The quantitative estimate of drug-likeness (QED) is 0.398. The van der Waals surface area contributed by atoms with E-state index in [1.807, 2.05) is 0 Å². The molecule has 4 rings (SSSR count). The highest BCUT2D eigenvalue weighted by Crippen LogP contribution is 2.38. The average Bonchev–Trinajstić information content (AvgIpc) is 2.76.